The maximum Gasteiger partial charge on any atom is 0.137 e. The van der Waals surface area contributed by atoms with Crippen molar-refractivity contribution in [1.82, 2.24) is 0 Å². The van der Waals surface area contributed by atoms with Crippen LogP contribution in [0.5, 0.6) is 0 Å². The Hall–Kier alpha value is -19.3. The van der Waals surface area contributed by atoms with Crippen LogP contribution in [-0.4, -0.2) is 0 Å². The average molecular weight is 1910 g/mol. The van der Waals surface area contributed by atoms with Crippen LogP contribution in [0.25, 0.3) is 197 Å². The Bertz CT molecular complexity index is 10200. The fraction of sp³-hybridized carbons (Fsp3) is 0.0282. The zero-order chi connectivity index (χ0) is 98.7. The molecule has 0 radical (unpaired) electrons. The summed E-state index contributed by atoms with van der Waals surface area (Å²) in [6, 6.07) is 192. The Morgan fingerprint density at radius 3 is 0.859 bits per heavy atom. The quantitative estimate of drug-likeness (QED) is 0.0748. The molecule has 0 atom stereocenters. The molecule has 0 unspecified atom stereocenters. The third kappa shape index (κ3) is 15.4. The minimum atomic E-state index is -0.108. The Morgan fingerprint density at radius 2 is 0.456 bits per heavy atom. The molecular formula is C142H95N3O4. The van der Waals surface area contributed by atoms with Gasteiger partial charge in [-0.05, 0) is 272 Å². The lowest BCUT2D eigenvalue weighted by Gasteiger charge is -2.29. The van der Waals surface area contributed by atoms with E-state index in [2.05, 4.69) is 526 Å². The summed E-state index contributed by atoms with van der Waals surface area (Å²) in [5.74, 6) is 0.0781. The van der Waals surface area contributed by atoms with E-state index in [1.807, 2.05) is 36.4 Å². The van der Waals surface area contributed by atoms with Crippen LogP contribution in [0.4, 0.5) is 51.2 Å². The normalized spacial score (nSPS) is 12.2. The van der Waals surface area contributed by atoms with E-state index in [1.54, 1.807) is 0 Å². The summed E-state index contributed by atoms with van der Waals surface area (Å²) in [5.41, 5.74) is 33.3. The lowest BCUT2D eigenvalue weighted by atomic mass is 9.82. The summed E-state index contributed by atoms with van der Waals surface area (Å²) >= 11 is 0. The van der Waals surface area contributed by atoms with E-state index in [9.17, 15) is 0 Å². The molecule has 0 bridgehead atoms. The fourth-order valence-electron chi connectivity index (χ4n) is 23.5. The molecular weight excluding hydrogens is 1810 g/mol. The summed E-state index contributed by atoms with van der Waals surface area (Å²) in [6.07, 6.45) is 0. The van der Waals surface area contributed by atoms with Crippen LogP contribution in [0.2, 0.25) is 0 Å². The van der Waals surface area contributed by atoms with Crippen molar-refractivity contribution < 1.29 is 17.7 Å². The van der Waals surface area contributed by atoms with Gasteiger partial charge in [0.05, 0.1) is 17.1 Å². The molecule has 149 heavy (non-hydrogen) atoms. The van der Waals surface area contributed by atoms with Gasteiger partial charge >= 0.3 is 0 Å². The standard InChI is InChI=1S/C51H35NO.C47H33NO.C44H27NO2/c1-4-14-35(15-5-1)36-28-30-42(31-29-36)52(43-22-12-21-41(32-43)50(37-16-6-2-7-17-37)38-18-8-3-9-19-38)47-24-13-20-39-26-27-40-33-46-44-23-10-11-25-48(44)53-49(46)34-45(40)51(39)47;1-47(2)41-16-8-6-14-36(41)37-26-25-35(28-42(37)47)48(34-23-21-31(22-24-34)30-11-4-3-5-12-30)43-17-10-13-32-19-20-33-27-40-38-15-7-9-18-44(38)49-45(40)29-39(33)46(32)43;1-2-9-28(10-3-1)29-19-21-32(22-20-29)45(33-23-24-36-34-12-4-6-15-40(34)46-42(36)26-33)39-14-8-11-30-17-18-31-25-38-35-13-5-7-16-41(35)47-43(38)27-37(31)44(30)39/h1-34,50H;3-29H,1-2H3;1-27H. The van der Waals surface area contributed by atoms with Crippen LogP contribution < -0.4 is 14.7 Å². The lowest BCUT2D eigenvalue weighted by molar-refractivity contribution is 0.660. The zero-order valence-corrected chi connectivity index (χ0v) is 81.9. The van der Waals surface area contributed by atoms with Crippen molar-refractivity contribution in [1.29, 1.82) is 0 Å². The van der Waals surface area contributed by atoms with Gasteiger partial charge in [0.15, 0.2) is 0 Å². The number of para-hydroxylation sites is 4. The Labute approximate surface area is 861 Å². The van der Waals surface area contributed by atoms with Crippen molar-refractivity contribution in [3.63, 3.8) is 0 Å². The molecule has 29 aromatic rings. The second-order valence-electron chi connectivity index (χ2n) is 39.6. The van der Waals surface area contributed by atoms with Crippen LogP contribution in [0.15, 0.2) is 552 Å². The van der Waals surface area contributed by atoms with Crippen molar-refractivity contribution in [2.24, 2.45) is 0 Å². The van der Waals surface area contributed by atoms with Gasteiger partial charge in [0.2, 0.25) is 0 Å². The number of anilines is 9. The van der Waals surface area contributed by atoms with Crippen molar-refractivity contribution in [2.75, 3.05) is 14.7 Å². The molecule has 0 spiro atoms. The van der Waals surface area contributed by atoms with Gasteiger partial charge in [0.1, 0.15) is 44.7 Å². The molecule has 0 N–H and O–H groups in total. The van der Waals surface area contributed by atoms with Crippen LogP contribution in [0, 0.1) is 0 Å². The second kappa shape index (κ2) is 36.2. The van der Waals surface area contributed by atoms with Gasteiger partial charge < -0.3 is 32.4 Å². The molecule has 702 valence electrons. The maximum absolute atomic E-state index is 6.45. The second-order valence-corrected chi connectivity index (χ2v) is 39.6. The van der Waals surface area contributed by atoms with Gasteiger partial charge in [-0.2, -0.15) is 0 Å². The van der Waals surface area contributed by atoms with Gasteiger partial charge in [0, 0.05) is 111 Å². The summed E-state index contributed by atoms with van der Waals surface area (Å²) in [5, 5.41) is 23.2. The molecule has 4 aromatic heterocycles. The van der Waals surface area contributed by atoms with Crippen LogP contribution in [-0.2, 0) is 5.41 Å². The van der Waals surface area contributed by atoms with Crippen LogP contribution in [0.3, 0.4) is 0 Å². The first-order chi connectivity index (χ1) is 73.6. The largest absolute Gasteiger partial charge is 0.456 e. The van der Waals surface area contributed by atoms with E-state index < -0.39 is 0 Å². The van der Waals surface area contributed by atoms with Crippen LogP contribution in [0.1, 0.15) is 47.6 Å². The van der Waals surface area contributed by atoms with E-state index >= 15 is 0 Å². The average Bonchev–Trinajstić information content (AvgIpc) is 1.27. The van der Waals surface area contributed by atoms with Crippen molar-refractivity contribution in [3.8, 4) is 44.5 Å². The summed E-state index contributed by atoms with van der Waals surface area (Å²) in [4.78, 5) is 7.22. The third-order valence-corrected chi connectivity index (χ3v) is 30.6. The van der Waals surface area contributed by atoms with E-state index in [-0.39, 0.29) is 11.3 Å². The fourth-order valence-corrected chi connectivity index (χ4v) is 23.5. The number of nitrogens with zero attached hydrogens (tertiary/aromatic N) is 3. The highest BCUT2D eigenvalue weighted by Crippen LogP contribution is 2.55. The van der Waals surface area contributed by atoms with E-state index in [4.69, 9.17) is 17.7 Å². The minimum absolute atomic E-state index is 0.0781. The first-order valence-corrected chi connectivity index (χ1v) is 51.1. The molecule has 7 heteroatoms. The van der Waals surface area contributed by atoms with Gasteiger partial charge in [-0.25, -0.2) is 0 Å². The monoisotopic (exact) mass is 1910 g/mol. The predicted molar refractivity (Wildman–Crippen MR) is 625 cm³/mol. The molecule has 4 heterocycles. The van der Waals surface area contributed by atoms with E-state index in [0.29, 0.717) is 0 Å². The van der Waals surface area contributed by atoms with Crippen molar-refractivity contribution >= 4 is 204 Å². The Morgan fingerprint density at radius 1 is 0.168 bits per heavy atom. The summed E-state index contributed by atoms with van der Waals surface area (Å²) < 4.78 is 25.6. The molecule has 1 aliphatic rings. The van der Waals surface area contributed by atoms with Gasteiger partial charge in [-0.3, -0.25) is 0 Å². The molecule has 0 fully saturated rings. The minimum Gasteiger partial charge on any atom is -0.456 e. The number of furan rings is 4. The molecule has 7 nitrogen and oxygen atoms in total. The SMILES string of the molecule is CC1(C)c2ccccc2-c2ccc(N(c3ccc(-c4ccccc4)cc3)c3cccc4ccc5cc6c(cc5c34)oc3ccccc36)cc21.c1ccc(-c2ccc(N(c3ccc4c(c3)oc3ccccc34)c3cccc4ccc5cc6c(cc5c34)oc3ccccc36)cc2)cc1.c1ccc(-c2ccc(N(c3cccc(C(c4ccccc4)c4ccccc4)c3)c3cccc4ccc5cc6c(cc5c34)oc3ccccc36)cc2)cc1. The first kappa shape index (κ1) is 87.5. The maximum atomic E-state index is 6.45. The van der Waals surface area contributed by atoms with E-state index in [1.165, 1.54) is 126 Å². The summed E-state index contributed by atoms with van der Waals surface area (Å²) in [7, 11) is 0. The smallest absolute Gasteiger partial charge is 0.137 e. The zero-order valence-electron chi connectivity index (χ0n) is 81.9. The lowest BCUT2D eigenvalue weighted by Crippen LogP contribution is -2.16. The molecule has 0 saturated carbocycles. The Balaban J connectivity index is 0.000000108. The van der Waals surface area contributed by atoms with Crippen molar-refractivity contribution in [2.45, 2.75) is 25.2 Å². The van der Waals surface area contributed by atoms with Crippen LogP contribution >= 0.6 is 0 Å². The molecule has 0 amide bonds. The van der Waals surface area contributed by atoms with E-state index in [0.717, 1.165) is 150 Å². The molecule has 0 aliphatic heterocycles. The number of hydrogen-bond donors (Lipinski definition) is 0. The van der Waals surface area contributed by atoms with Crippen molar-refractivity contribution in [3.05, 3.63) is 562 Å². The topological polar surface area (TPSA) is 62.3 Å². The third-order valence-electron chi connectivity index (χ3n) is 30.6. The highest BCUT2D eigenvalue weighted by molar-refractivity contribution is 6.24. The summed E-state index contributed by atoms with van der Waals surface area (Å²) in [6.45, 7) is 4.70. The van der Waals surface area contributed by atoms with Gasteiger partial charge in [-0.1, -0.05) is 390 Å². The number of fused-ring (bicyclic) bond motifs is 24. The van der Waals surface area contributed by atoms with Gasteiger partial charge in [-0.15, -0.1) is 0 Å². The molecule has 25 aromatic carbocycles. The van der Waals surface area contributed by atoms with Gasteiger partial charge in [0.25, 0.3) is 0 Å². The molecule has 30 rings (SSSR count). The first-order valence-electron chi connectivity index (χ1n) is 51.1. The predicted octanol–water partition coefficient (Wildman–Crippen LogP) is 40.5. The molecule has 0 saturated heterocycles. The molecule has 1 aliphatic carbocycles. The number of hydrogen-bond acceptors (Lipinski definition) is 7. The number of benzene rings is 25. The Kier molecular flexibility index (Phi) is 21.2. The highest BCUT2D eigenvalue weighted by atomic mass is 16.3. The number of rotatable bonds is 15. The highest BCUT2D eigenvalue weighted by Gasteiger charge is 2.37.